The summed E-state index contributed by atoms with van der Waals surface area (Å²) < 4.78 is 37.9. The molecule has 0 fully saturated rings. The second-order valence-corrected chi connectivity index (χ2v) is 10.8. The van der Waals surface area contributed by atoms with Crippen LogP contribution in [0.1, 0.15) is 63.5 Å². The number of hydrogen-bond donors (Lipinski definition) is 0. The van der Waals surface area contributed by atoms with Crippen LogP contribution in [0.3, 0.4) is 0 Å². The van der Waals surface area contributed by atoms with E-state index in [2.05, 4.69) is 30.0 Å². The fourth-order valence-corrected chi connectivity index (χ4v) is 4.85. The van der Waals surface area contributed by atoms with E-state index in [4.69, 9.17) is 9.47 Å². The summed E-state index contributed by atoms with van der Waals surface area (Å²) in [4.78, 5) is 11.4. The molecule has 0 saturated carbocycles. The lowest BCUT2D eigenvalue weighted by atomic mass is 10.0. The number of rotatable bonds is 13. The largest absolute Gasteiger partial charge is 0.493 e. The number of ether oxygens (including phenoxy) is 2. The van der Waals surface area contributed by atoms with Gasteiger partial charge in [-0.2, -0.15) is 0 Å². The van der Waals surface area contributed by atoms with Gasteiger partial charge in [0.15, 0.2) is 0 Å². The Bertz CT molecular complexity index is 961. The van der Waals surface area contributed by atoms with Crippen molar-refractivity contribution in [1.82, 2.24) is 0 Å². The molecule has 0 atom stereocenters. The first-order chi connectivity index (χ1) is 15.2. The van der Waals surface area contributed by atoms with Crippen molar-refractivity contribution in [1.29, 1.82) is 0 Å². The number of nitrogens with zero attached hydrogens (tertiary/aromatic N) is 1. The third-order valence-corrected chi connectivity index (χ3v) is 8.01. The second kappa shape index (κ2) is 12.8. The van der Waals surface area contributed by atoms with Gasteiger partial charge in [-0.15, -0.1) is 0 Å². The maximum atomic E-state index is 13.0. The average Bonchev–Trinajstić information content (AvgIpc) is 2.76. The predicted molar refractivity (Wildman–Crippen MR) is 132 cm³/mol. The normalized spacial score (nSPS) is 11.4. The number of unbranched alkanes of at least 4 members (excludes halogenated alkanes) is 2. The van der Waals surface area contributed by atoms with Crippen LogP contribution in [0.25, 0.3) is 0 Å². The van der Waals surface area contributed by atoms with E-state index in [0.29, 0.717) is 42.6 Å². The lowest BCUT2D eigenvalue weighted by Crippen LogP contribution is -2.22. The van der Waals surface area contributed by atoms with Crippen LogP contribution in [0.2, 0.25) is 0 Å². The number of carbonyl (C=O) groups is 1. The number of benzene rings is 2. The molecule has 0 unspecified atom stereocenters. The van der Waals surface area contributed by atoms with Gasteiger partial charge in [-0.1, -0.05) is 44.2 Å². The first kappa shape index (κ1) is 26.2. The summed E-state index contributed by atoms with van der Waals surface area (Å²) in [6.45, 7) is 6.83. The third kappa shape index (κ3) is 8.13. The summed E-state index contributed by atoms with van der Waals surface area (Å²) in [6.07, 6.45) is 2.75. The summed E-state index contributed by atoms with van der Waals surface area (Å²) in [5.74, 6) is 0.557. The minimum absolute atomic E-state index is 0.179. The van der Waals surface area contributed by atoms with Gasteiger partial charge in [-0.3, -0.25) is 4.79 Å². The van der Waals surface area contributed by atoms with Gasteiger partial charge in [0.1, 0.15) is 5.75 Å². The van der Waals surface area contributed by atoms with Crippen LogP contribution in [0.15, 0.2) is 48.5 Å². The molecule has 0 aliphatic carbocycles. The van der Waals surface area contributed by atoms with Gasteiger partial charge in [0, 0.05) is 12.0 Å². The van der Waals surface area contributed by atoms with Crippen LogP contribution < -0.4 is 8.07 Å². The molecule has 0 radical (unpaired) electrons. The second-order valence-electron chi connectivity index (χ2n) is 7.79. The SMILES string of the molecule is CCOC(=O)CCCCCOc1ccccc1CS(=O)(=O)N(Br)c1ccc(C(C)C)cc1. The minimum Gasteiger partial charge on any atom is -0.493 e. The van der Waals surface area contributed by atoms with Crippen LogP contribution in [-0.2, 0) is 25.3 Å². The molecule has 0 aliphatic rings. The van der Waals surface area contributed by atoms with Gasteiger partial charge < -0.3 is 9.47 Å². The van der Waals surface area contributed by atoms with Crippen molar-refractivity contribution < 1.29 is 22.7 Å². The number of hydrogen-bond acceptors (Lipinski definition) is 5. The standard InChI is InChI=1S/C24H32BrNO5S/c1-4-30-24(27)12-6-5-9-17-31-23-11-8-7-10-21(23)18-32(28,29)26(25)22-15-13-20(14-16-22)19(2)3/h7-8,10-11,13-16,19H,4-6,9,12,17-18H2,1-3H3. The summed E-state index contributed by atoms with van der Waals surface area (Å²) >= 11 is 3.22. The monoisotopic (exact) mass is 525 g/mol. The fraction of sp³-hybridized carbons (Fsp3) is 0.458. The van der Waals surface area contributed by atoms with Crippen molar-refractivity contribution >= 4 is 37.8 Å². The smallest absolute Gasteiger partial charge is 0.305 e. The minimum atomic E-state index is -3.66. The molecule has 8 heteroatoms. The van der Waals surface area contributed by atoms with Crippen LogP contribution in [-0.4, -0.2) is 27.6 Å². The van der Waals surface area contributed by atoms with Crippen molar-refractivity contribution in [2.24, 2.45) is 0 Å². The van der Waals surface area contributed by atoms with Crippen LogP contribution in [0, 0.1) is 0 Å². The molecule has 2 aromatic carbocycles. The number of anilines is 1. The molecule has 176 valence electrons. The molecular weight excluding hydrogens is 494 g/mol. The van der Waals surface area contributed by atoms with E-state index < -0.39 is 10.0 Å². The van der Waals surface area contributed by atoms with E-state index in [1.54, 1.807) is 37.3 Å². The van der Waals surface area contributed by atoms with Gasteiger partial charge >= 0.3 is 5.97 Å². The molecule has 0 aromatic heterocycles. The van der Waals surface area contributed by atoms with Crippen molar-refractivity contribution in [3.8, 4) is 5.75 Å². The number of carbonyl (C=O) groups excluding carboxylic acids is 1. The molecule has 2 aromatic rings. The Balaban J connectivity index is 1.94. The highest BCUT2D eigenvalue weighted by molar-refractivity contribution is 9.11. The Hall–Kier alpha value is -2.06. The zero-order chi connectivity index (χ0) is 23.6. The lowest BCUT2D eigenvalue weighted by molar-refractivity contribution is -0.143. The molecule has 0 bridgehead atoms. The number of halogens is 1. The van der Waals surface area contributed by atoms with E-state index >= 15 is 0 Å². The molecule has 0 amide bonds. The quantitative estimate of drug-likeness (QED) is 0.183. The number of sulfonamides is 1. The van der Waals surface area contributed by atoms with Crippen molar-refractivity contribution in [3.63, 3.8) is 0 Å². The van der Waals surface area contributed by atoms with Gasteiger partial charge in [0.25, 0.3) is 0 Å². The summed E-state index contributed by atoms with van der Waals surface area (Å²) in [6, 6.07) is 14.6. The predicted octanol–water partition coefficient (Wildman–Crippen LogP) is 5.96. The highest BCUT2D eigenvalue weighted by Crippen LogP contribution is 2.29. The van der Waals surface area contributed by atoms with Gasteiger partial charge in [-0.25, -0.2) is 11.7 Å². The Kier molecular flexibility index (Phi) is 10.5. The molecule has 0 N–H and O–H groups in total. The van der Waals surface area contributed by atoms with Crippen molar-refractivity contribution in [2.75, 3.05) is 16.5 Å². The van der Waals surface area contributed by atoms with Gasteiger partial charge in [0.05, 0.1) is 40.8 Å². The van der Waals surface area contributed by atoms with Crippen LogP contribution in [0.4, 0.5) is 5.69 Å². The van der Waals surface area contributed by atoms with E-state index in [1.807, 2.05) is 18.2 Å². The topological polar surface area (TPSA) is 72.9 Å². The van der Waals surface area contributed by atoms with Gasteiger partial charge in [0.2, 0.25) is 10.0 Å². The first-order valence-electron chi connectivity index (χ1n) is 10.9. The zero-order valence-electron chi connectivity index (χ0n) is 18.9. The molecule has 0 heterocycles. The average molecular weight is 526 g/mol. The van der Waals surface area contributed by atoms with Crippen LogP contribution >= 0.6 is 16.1 Å². The Morgan fingerprint density at radius 2 is 1.72 bits per heavy atom. The van der Waals surface area contributed by atoms with Gasteiger partial charge in [-0.05, 0) is 55.9 Å². The molecule has 0 saturated heterocycles. The van der Waals surface area contributed by atoms with E-state index in [0.717, 1.165) is 28.2 Å². The van der Waals surface area contributed by atoms with E-state index in [1.165, 1.54) is 0 Å². The lowest BCUT2D eigenvalue weighted by Gasteiger charge is -2.19. The molecular formula is C24H32BrNO5S. The summed E-state index contributed by atoms with van der Waals surface area (Å²) in [5.41, 5.74) is 2.30. The number of esters is 1. The van der Waals surface area contributed by atoms with Crippen molar-refractivity contribution in [2.45, 2.75) is 58.1 Å². The molecule has 32 heavy (non-hydrogen) atoms. The maximum Gasteiger partial charge on any atom is 0.305 e. The summed E-state index contributed by atoms with van der Waals surface area (Å²) in [5, 5.41) is 0. The highest BCUT2D eigenvalue weighted by Gasteiger charge is 2.23. The fourth-order valence-electron chi connectivity index (χ4n) is 3.12. The van der Waals surface area contributed by atoms with Crippen LogP contribution in [0.5, 0.6) is 5.75 Å². The Morgan fingerprint density at radius 3 is 2.38 bits per heavy atom. The highest BCUT2D eigenvalue weighted by atomic mass is 79.9. The molecule has 0 aliphatic heterocycles. The number of para-hydroxylation sites is 1. The Morgan fingerprint density at radius 1 is 1.03 bits per heavy atom. The zero-order valence-corrected chi connectivity index (χ0v) is 21.3. The molecule has 2 rings (SSSR count). The Labute approximate surface area is 200 Å². The van der Waals surface area contributed by atoms with Crippen molar-refractivity contribution in [3.05, 3.63) is 59.7 Å². The third-order valence-electron chi connectivity index (χ3n) is 4.91. The maximum absolute atomic E-state index is 13.0. The first-order valence-corrected chi connectivity index (χ1v) is 13.2. The van der Waals surface area contributed by atoms with E-state index in [-0.39, 0.29) is 11.7 Å². The molecule has 6 nitrogen and oxygen atoms in total. The van der Waals surface area contributed by atoms with E-state index in [9.17, 15) is 13.2 Å². The summed E-state index contributed by atoms with van der Waals surface area (Å²) in [7, 11) is -3.66. The molecule has 0 spiro atoms.